The lowest BCUT2D eigenvalue weighted by Gasteiger charge is -2.33. The molecule has 1 atom stereocenters. The average molecular weight is 272 g/mol. The van der Waals surface area contributed by atoms with E-state index in [9.17, 15) is 0 Å². The molecule has 2 aliphatic rings. The Morgan fingerprint density at radius 3 is 2.75 bits per heavy atom. The van der Waals surface area contributed by atoms with Gasteiger partial charge in [-0.25, -0.2) is 0 Å². The normalized spacial score (nSPS) is 23.9. The van der Waals surface area contributed by atoms with Gasteiger partial charge >= 0.3 is 0 Å². The van der Waals surface area contributed by atoms with Crippen LogP contribution >= 0.6 is 0 Å². The molecule has 1 aliphatic heterocycles. The zero-order valence-electron chi connectivity index (χ0n) is 12.6. The van der Waals surface area contributed by atoms with E-state index < -0.39 is 0 Å². The summed E-state index contributed by atoms with van der Waals surface area (Å²) < 4.78 is 0. The lowest BCUT2D eigenvalue weighted by atomic mass is 10.0. The van der Waals surface area contributed by atoms with Crippen molar-refractivity contribution in [1.29, 1.82) is 0 Å². The van der Waals surface area contributed by atoms with Crippen molar-refractivity contribution in [2.75, 3.05) is 19.6 Å². The maximum Gasteiger partial charge on any atom is 0.0234 e. The first-order chi connectivity index (χ1) is 9.90. The lowest BCUT2D eigenvalue weighted by molar-refractivity contribution is 0.183. The van der Waals surface area contributed by atoms with Crippen molar-refractivity contribution in [3.8, 4) is 0 Å². The van der Waals surface area contributed by atoms with Crippen LogP contribution in [0.1, 0.15) is 44.1 Å². The van der Waals surface area contributed by atoms with Gasteiger partial charge in [0.2, 0.25) is 0 Å². The Bertz CT molecular complexity index is 386. The first kappa shape index (κ1) is 14.1. The number of hydrogen-bond acceptors (Lipinski definition) is 2. The number of hydrogen-bond donors (Lipinski definition) is 1. The summed E-state index contributed by atoms with van der Waals surface area (Å²) in [5, 5.41) is 3.78. The highest BCUT2D eigenvalue weighted by Gasteiger charge is 2.21. The first-order valence-electron chi connectivity index (χ1n) is 8.40. The van der Waals surface area contributed by atoms with Gasteiger partial charge in [0.05, 0.1) is 0 Å². The quantitative estimate of drug-likeness (QED) is 0.765. The molecule has 110 valence electrons. The van der Waals surface area contributed by atoms with Gasteiger partial charge in [0.25, 0.3) is 0 Å². The molecule has 0 bridgehead atoms. The number of likely N-dealkylation sites (tertiary alicyclic amines) is 1. The van der Waals surface area contributed by atoms with E-state index in [2.05, 4.69) is 40.5 Å². The summed E-state index contributed by atoms with van der Waals surface area (Å²) in [5.74, 6) is 1.08. The molecule has 0 radical (unpaired) electrons. The molecule has 1 saturated heterocycles. The Balaban J connectivity index is 1.37. The van der Waals surface area contributed by atoms with Crippen LogP contribution in [0.15, 0.2) is 30.3 Å². The summed E-state index contributed by atoms with van der Waals surface area (Å²) in [7, 11) is 0. The average Bonchev–Trinajstić information content (AvgIpc) is 3.29. The van der Waals surface area contributed by atoms with Gasteiger partial charge < -0.3 is 5.32 Å². The van der Waals surface area contributed by atoms with Gasteiger partial charge in [0.1, 0.15) is 0 Å². The molecule has 0 spiro atoms. The van der Waals surface area contributed by atoms with Gasteiger partial charge in [0, 0.05) is 19.1 Å². The highest BCUT2D eigenvalue weighted by atomic mass is 15.2. The summed E-state index contributed by atoms with van der Waals surface area (Å²) in [6, 6.07) is 11.6. The fraction of sp³-hybridized carbons (Fsp3) is 0.667. The van der Waals surface area contributed by atoms with Crippen LogP contribution in [0.25, 0.3) is 0 Å². The number of rotatable bonds is 7. The first-order valence-corrected chi connectivity index (χ1v) is 8.40. The molecule has 0 amide bonds. The predicted octanol–water partition coefficient (Wildman–Crippen LogP) is 3.43. The molecular weight excluding hydrogens is 244 g/mol. The molecule has 2 heteroatoms. The fourth-order valence-corrected chi connectivity index (χ4v) is 3.31. The topological polar surface area (TPSA) is 15.3 Å². The van der Waals surface area contributed by atoms with Crippen molar-refractivity contribution >= 4 is 0 Å². The van der Waals surface area contributed by atoms with E-state index in [1.165, 1.54) is 63.7 Å². The summed E-state index contributed by atoms with van der Waals surface area (Å²) in [6.45, 7) is 4.81. The van der Waals surface area contributed by atoms with Crippen LogP contribution in [-0.4, -0.2) is 30.6 Å². The van der Waals surface area contributed by atoms with E-state index in [1.807, 2.05) is 0 Å². The van der Waals surface area contributed by atoms with E-state index in [0.717, 1.165) is 12.5 Å². The van der Waals surface area contributed by atoms with Crippen LogP contribution in [0.2, 0.25) is 0 Å². The van der Waals surface area contributed by atoms with Gasteiger partial charge in [-0.3, -0.25) is 4.90 Å². The SMILES string of the molecule is c1ccc(CN2CCCC(NCCCC3CC3)C2)cc1. The minimum absolute atomic E-state index is 0.715. The Kier molecular flexibility index (Phi) is 5.10. The second kappa shape index (κ2) is 7.24. The maximum absolute atomic E-state index is 3.78. The second-order valence-corrected chi connectivity index (χ2v) is 6.60. The molecule has 1 N–H and O–H groups in total. The van der Waals surface area contributed by atoms with Gasteiger partial charge in [0.15, 0.2) is 0 Å². The highest BCUT2D eigenvalue weighted by Crippen LogP contribution is 2.33. The molecule has 20 heavy (non-hydrogen) atoms. The molecule has 1 heterocycles. The predicted molar refractivity (Wildman–Crippen MR) is 84.7 cm³/mol. The largest absolute Gasteiger partial charge is 0.313 e. The third kappa shape index (κ3) is 4.60. The summed E-state index contributed by atoms with van der Waals surface area (Å²) in [6.07, 6.45) is 8.51. The molecular formula is C18H28N2. The van der Waals surface area contributed by atoms with E-state index in [-0.39, 0.29) is 0 Å². The van der Waals surface area contributed by atoms with Crippen molar-refractivity contribution in [1.82, 2.24) is 10.2 Å². The van der Waals surface area contributed by atoms with E-state index >= 15 is 0 Å². The number of benzene rings is 1. The zero-order chi connectivity index (χ0) is 13.6. The van der Waals surface area contributed by atoms with Crippen LogP contribution in [-0.2, 0) is 6.54 Å². The smallest absolute Gasteiger partial charge is 0.0234 e. The van der Waals surface area contributed by atoms with E-state index in [0.29, 0.717) is 6.04 Å². The third-order valence-electron chi connectivity index (χ3n) is 4.67. The van der Waals surface area contributed by atoms with Crippen LogP contribution in [0, 0.1) is 5.92 Å². The Labute approximate surface area is 123 Å². The fourth-order valence-electron chi connectivity index (χ4n) is 3.31. The Hall–Kier alpha value is -0.860. The van der Waals surface area contributed by atoms with Crippen molar-refractivity contribution in [2.45, 2.75) is 51.1 Å². The van der Waals surface area contributed by atoms with Crippen molar-refractivity contribution in [3.05, 3.63) is 35.9 Å². The van der Waals surface area contributed by atoms with Gasteiger partial charge in [-0.05, 0) is 50.3 Å². The Morgan fingerprint density at radius 1 is 1.10 bits per heavy atom. The van der Waals surface area contributed by atoms with Crippen LogP contribution in [0.3, 0.4) is 0 Å². The van der Waals surface area contributed by atoms with Crippen LogP contribution in [0.5, 0.6) is 0 Å². The van der Waals surface area contributed by atoms with E-state index in [4.69, 9.17) is 0 Å². The summed E-state index contributed by atoms with van der Waals surface area (Å²) in [5.41, 5.74) is 1.45. The van der Waals surface area contributed by atoms with Crippen molar-refractivity contribution in [2.24, 2.45) is 5.92 Å². The summed E-state index contributed by atoms with van der Waals surface area (Å²) in [4.78, 5) is 2.61. The van der Waals surface area contributed by atoms with Crippen molar-refractivity contribution < 1.29 is 0 Å². The molecule has 2 fully saturated rings. The van der Waals surface area contributed by atoms with Crippen molar-refractivity contribution in [3.63, 3.8) is 0 Å². The number of piperidine rings is 1. The minimum atomic E-state index is 0.715. The maximum atomic E-state index is 3.78. The van der Waals surface area contributed by atoms with Gasteiger partial charge in [-0.1, -0.05) is 43.2 Å². The standard InChI is InChI=1S/C18H28N2/c1-2-6-17(7-3-1)14-20-13-5-9-18(15-20)19-12-4-8-16-10-11-16/h1-3,6-7,16,18-19H,4-5,8-15H2. The molecule has 1 unspecified atom stereocenters. The van der Waals surface area contributed by atoms with Gasteiger partial charge in [-0.2, -0.15) is 0 Å². The second-order valence-electron chi connectivity index (χ2n) is 6.60. The molecule has 0 aromatic heterocycles. The zero-order valence-corrected chi connectivity index (χ0v) is 12.6. The lowest BCUT2D eigenvalue weighted by Crippen LogP contribution is -2.45. The van der Waals surface area contributed by atoms with Crippen LogP contribution < -0.4 is 5.32 Å². The number of nitrogens with one attached hydrogen (secondary N) is 1. The summed E-state index contributed by atoms with van der Waals surface area (Å²) >= 11 is 0. The molecule has 1 aliphatic carbocycles. The highest BCUT2D eigenvalue weighted by molar-refractivity contribution is 5.14. The molecule has 2 nitrogen and oxygen atoms in total. The molecule has 1 aromatic carbocycles. The number of nitrogens with zero attached hydrogens (tertiary/aromatic N) is 1. The monoisotopic (exact) mass is 272 g/mol. The Morgan fingerprint density at radius 2 is 1.95 bits per heavy atom. The molecule has 1 aromatic rings. The molecule has 1 saturated carbocycles. The third-order valence-corrected chi connectivity index (χ3v) is 4.67. The molecule has 3 rings (SSSR count). The van der Waals surface area contributed by atoms with Crippen LogP contribution in [0.4, 0.5) is 0 Å². The minimum Gasteiger partial charge on any atom is -0.313 e. The van der Waals surface area contributed by atoms with Gasteiger partial charge in [-0.15, -0.1) is 0 Å². The van der Waals surface area contributed by atoms with E-state index in [1.54, 1.807) is 0 Å².